The zero-order chi connectivity index (χ0) is 12.8. The van der Waals surface area contributed by atoms with Crippen LogP contribution < -0.4 is 5.32 Å². The lowest BCUT2D eigenvalue weighted by Crippen LogP contribution is -2.44. The number of likely N-dealkylation sites (N-methyl/N-ethyl adjacent to an activating group) is 1. The van der Waals surface area contributed by atoms with Gasteiger partial charge in [-0.3, -0.25) is 0 Å². The molecule has 2 atom stereocenters. The van der Waals surface area contributed by atoms with E-state index < -0.39 is 0 Å². The molecule has 1 saturated carbocycles. The van der Waals surface area contributed by atoms with E-state index in [0.29, 0.717) is 0 Å². The standard InChI is InChI=1S/C15H30N2O/c1-3-16-15(14-6-4-5-7-14)11-17-9-8-13(10-17)12-18-2/h13-16H,3-12H2,1-2H3. The van der Waals surface area contributed by atoms with Crippen LogP contribution in [0.15, 0.2) is 0 Å². The van der Waals surface area contributed by atoms with Gasteiger partial charge in [0, 0.05) is 26.2 Å². The summed E-state index contributed by atoms with van der Waals surface area (Å²) in [5, 5.41) is 3.73. The molecule has 106 valence electrons. The fraction of sp³-hybridized carbons (Fsp3) is 1.00. The number of likely N-dealkylation sites (tertiary alicyclic amines) is 1. The van der Waals surface area contributed by atoms with E-state index >= 15 is 0 Å². The molecule has 2 unspecified atom stereocenters. The minimum atomic E-state index is 0.721. The Morgan fingerprint density at radius 1 is 1.28 bits per heavy atom. The van der Waals surface area contributed by atoms with Gasteiger partial charge in [-0.2, -0.15) is 0 Å². The molecular formula is C15H30N2O. The zero-order valence-corrected chi connectivity index (χ0v) is 12.2. The molecule has 1 aliphatic carbocycles. The fourth-order valence-electron chi connectivity index (χ4n) is 3.73. The van der Waals surface area contributed by atoms with Crippen molar-refractivity contribution in [3.8, 4) is 0 Å². The van der Waals surface area contributed by atoms with Crippen molar-refractivity contribution in [3.05, 3.63) is 0 Å². The monoisotopic (exact) mass is 254 g/mol. The highest BCUT2D eigenvalue weighted by molar-refractivity contribution is 4.85. The molecular weight excluding hydrogens is 224 g/mol. The Labute approximate surface area is 112 Å². The third kappa shape index (κ3) is 3.94. The Hall–Kier alpha value is -0.120. The van der Waals surface area contributed by atoms with Crippen LogP contribution in [0.2, 0.25) is 0 Å². The molecule has 18 heavy (non-hydrogen) atoms. The predicted molar refractivity (Wildman–Crippen MR) is 75.8 cm³/mol. The summed E-state index contributed by atoms with van der Waals surface area (Å²) < 4.78 is 5.28. The van der Waals surface area contributed by atoms with E-state index in [1.807, 2.05) is 7.11 Å². The van der Waals surface area contributed by atoms with Gasteiger partial charge in [-0.25, -0.2) is 0 Å². The molecule has 2 rings (SSSR count). The van der Waals surface area contributed by atoms with E-state index in [0.717, 1.165) is 31.0 Å². The second kappa shape index (κ2) is 7.46. The maximum atomic E-state index is 5.28. The van der Waals surface area contributed by atoms with Gasteiger partial charge >= 0.3 is 0 Å². The molecule has 0 spiro atoms. The van der Waals surface area contributed by atoms with Crippen LogP contribution in [0.4, 0.5) is 0 Å². The summed E-state index contributed by atoms with van der Waals surface area (Å²) in [7, 11) is 1.82. The normalized spacial score (nSPS) is 28.0. The maximum absolute atomic E-state index is 5.28. The van der Waals surface area contributed by atoms with Crippen molar-refractivity contribution in [3.63, 3.8) is 0 Å². The van der Waals surface area contributed by atoms with Crippen molar-refractivity contribution >= 4 is 0 Å². The highest BCUT2D eigenvalue weighted by Gasteiger charge is 2.29. The molecule has 0 aromatic carbocycles. The zero-order valence-electron chi connectivity index (χ0n) is 12.2. The largest absolute Gasteiger partial charge is 0.384 e. The van der Waals surface area contributed by atoms with E-state index in [1.54, 1.807) is 0 Å². The Kier molecular flexibility index (Phi) is 5.93. The topological polar surface area (TPSA) is 24.5 Å². The van der Waals surface area contributed by atoms with E-state index in [9.17, 15) is 0 Å². The third-order valence-electron chi connectivity index (χ3n) is 4.66. The van der Waals surface area contributed by atoms with E-state index in [-0.39, 0.29) is 0 Å². The smallest absolute Gasteiger partial charge is 0.0503 e. The number of rotatable bonds is 7. The highest BCUT2D eigenvalue weighted by atomic mass is 16.5. The van der Waals surface area contributed by atoms with E-state index in [1.165, 1.54) is 51.7 Å². The fourth-order valence-corrected chi connectivity index (χ4v) is 3.73. The number of hydrogen-bond donors (Lipinski definition) is 1. The van der Waals surface area contributed by atoms with Crippen LogP contribution in [0.25, 0.3) is 0 Å². The second-order valence-corrected chi connectivity index (χ2v) is 6.08. The molecule has 2 aliphatic rings. The Morgan fingerprint density at radius 3 is 2.72 bits per heavy atom. The predicted octanol–water partition coefficient (Wildman–Crippen LogP) is 2.12. The van der Waals surface area contributed by atoms with Crippen LogP contribution in [0.3, 0.4) is 0 Å². The van der Waals surface area contributed by atoms with Gasteiger partial charge in [-0.1, -0.05) is 19.8 Å². The number of ether oxygens (including phenoxy) is 1. The number of methoxy groups -OCH3 is 1. The summed E-state index contributed by atoms with van der Waals surface area (Å²) in [6.07, 6.45) is 7.08. The van der Waals surface area contributed by atoms with Gasteiger partial charge in [0.15, 0.2) is 0 Å². The Morgan fingerprint density at radius 2 is 2.06 bits per heavy atom. The quantitative estimate of drug-likeness (QED) is 0.753. The molecule has 0 aromatic heterocycles. The lowest BCUT2D eigenvalue weighted by molar-refractivity contribution is 0.150. The third-order valence-corrected chi connectivity index (χ3v) is 4.66. The van der Waals surface area contributed by atoms with Crippen LogP contribution in [-0.2, 0) is 4.74 Å². The van der Waals surface area contributed by atoms with Gasteiger partial charge in [0.05, 0.1) is 6.61 Å². The molecule has 1 N–H and O–H groups in total. The first-order chi connectivity index (χ1) is 8.83. The molecule has 3 heteroatoms. The molecule has 0 amide bonds. The Balaban J connectivity index is 1.78. The van der Waals surface area contributed by atoms with Crippen molar-refractivity contribution in [2.45, 2.75) is 45.1 Å². The average molecular weight is 254 g/mol. The van der Waals surface area contributed by atoms with Crippen molar-refractivity contribution in [1.82, 2.24) is 10.2 Å². The number of nitrogens with zero attached hydrogens (tertiary/aromatic N) is 1. The molecule has 2 fully saturated rings. The maximum Gasteiger partial charge on any atom is 0.0503 e. The lowest BCUT2D eigenvalue weighted by atomic mass is 9.97. The highest BCUT2D eigenvalue weighted by Crippen LogP contribution is 2.29. The Bertz CT molecular complexity index is 229. The van der Waals surface area contributed by atoms with Crippen LogP contribution in [0.1, 0.15) is 39.0 Å². The molecule has 0 bridgehead atoms. The van der Waals surface area contributed by atoms with E-state index in [2.05, 4.69) is 17.1 Å². The molecule has 1 heterocycles. The minimum Gasteiger partial charge on any atom is -0.384 e. The SMILES string of the molecule is CCNC(CN1CCC(COC)C1)C1CCCC1. The molecule has 3 nitrogen and oxygen atoms in total. The van der Waals surface area contributed by atoms with Crippen molar-refractivity contribution in [1.29, 1.82) is 0 Å². The average Bonchev–Trinajstić information content (AvgIpc) is 3.00. The van der Waals surface area contributed by atoms with Gasteiger partial charge in [0.25, 0.3) is 0 Å². The first-order valence-electron chi connectivity index (χ1n) is 7.78. The molecule has 1 saturated heterocycles. The van der Waals surface area contributed by atoms with Crippen LogP contribution in [0, 0.1) is 11.8 Å². The second-order valence-electron chi connectivity index (χ2n) is 6.08. The van der Waals surface area contributed by atoms with Crippen molar-refractivity contribution in [2.75, 3.05) is 39.9 Å². The first kappa shape index (κ1) is 14.3. The van der Waals surface area contributed by atoms with E-state index in [4.69, 9.17) is 4.74 Å². The first-order valence-corrected chi connectivity index (χ1v) is 7.78. The minimum absolute atomic E-state index is 0.721. The van der Waals surface area contributed by atoms with Gasteiger partial charge in [-0.05, 0) is 44.2 Å². The van der Waals surface area contributed by atoms with Gasteiger partial charge in [0.2, 0.25) is 0 Å². The molecule has 1 aliphatic heterocycles. The van der Waals surface area contributed by atoms with Crippen molar-refractivity contribution in [2.24, 2.45) is 11.8 Å². The van der Waals surface area contributed by atoms with Gasteiger partial charge in [0.1, 0.15) is 0 Å². The molecule has 0 radical (unpaired) electrons. The number of hydrogen-bond acceptors (Lipinski definition) is 3. The van der Waals surface area contributed by atoms with Gasteiger partial charge < -0.3 is 15.0 Å². The molecule has 0 aromatic rings. The number of nitrogens with one attached hydrogen (secondary N) is 1. The summed E-state index contributed by atoms with van der Waals surface area (Å²) in [6, 6.07) is 0.721. The summed E-state index contributed by atoms with van der Waals surface area (Å²) >= 11 is 0. The van der Waals surface area contributed by atoms with Crippen LogP contribution >= 0.6 is 0 Å². The summed E-state index contributed by atoms with van der Waals surface area (Å²) in [5.74, 6) is 1.69. The summed E-state index contributed by atoms with van der Waals surface area (Å²) in [6.45, 7) is 8.03. The van der Waals surface area contributed by atoms with Crippen LogP contribution in [0.5, 0.6) is 0 Å². The lowest BCUT2D eigenvalue weighted by Gasteiger charge is -2.29. The van der Waals surface area contributed by atoms with Gasteiger partial charge in [-0.15, -0.1) is 0 Å². The summed E-state index contributed by atoms with van der Waals surface area (Å²) in [5.41, 5.74) is 0. The van der Waals surface area contributed by atoms with Crippen molar-refractivity contribution < 1.29 is 4.74 Å². The van der Waals surface area contributed by atoms with Crippen LogP contribution in [-0.4, -0.2) is 50.8 Å². The summed E-state index contributed by atoms with van der Waals surface area (Å²) in [4.78, 5) is 2.65.